The molecule has 102 valence electrons. The smallest absolute Gasteiger partial charge is 0.171 e. The summed E-state index contributed by atoms with van der Waals surface area (Å²) in [5, 5.41) is 4.51. The second kappa shape index (κ2) is 7.31. The van der Waals surface area contributed by atoms with Crippen LogP contribution in [0.15, 0.2) is 18.2 Å². The second-order valence-corrected chi connectivity index (χ2v) is 4.95. The Morgan fingerprint density at radius 2 is 1.72 bits per heavy atom. The normalized spacial score (nSPS) is 14.8. The van der Waals surface area contributed by atoms with Gasteiger partial charge in [-0.05, 0) is 25.5 Å². The maximum atomic E-state index is 6.18. The second-order valence-electron chi connectivity index (χ2n) is 4.16. The Morgan fingerprint density at radius 1 is 1.11 bits per heavy atom. The number of hydrogen-bond acceptors (Lipinski definition) is 3. The van der Waals surface area contributed by atoms with Gasteiger partial charge in [-0.3, -0.25) is 0 Å². The highest BCUT2D eigenvalue weighted by atomic mass is 35.5. The lowest BCUT2D eigenvalue weighted by Crippen LogP contribution is -2.40. The first-order valence-corrected chi connectivity index (χ1v) is 6.52. The number of rotatable bonds is 6. The van der Waals surface area contributed by atoms with Crippen LogP contribution >= 0.6 is 23.2 Å². The molecule has 0 aliphatic heterocycles. The van der Waals surface area contributed by atoms with Gasteiger partial charge < -0.3 is 14.8 Å². The number of nitrogens with one attached hydrogen (secondary N) is 1. The summed E-state index contributed by atoms with van der Waals surface area (Å²) >= 11 is 12.2. The minimum Gasteiger partial charge on any atom is -0.354 e. The molecule has 3 nitrogen and oxygen atoms in total. The van der Waals surface area contributed by atoms with Gasteiger partial charge in [0.2, 0.25) is 0 Å². The third-order valence-corrected chi connectivity index (χ3v) is 3.67. The predicted octanol–water partition coefficient (Wildman–Crippen LogP) is 3.65. The van der Waals surface area contributed by atoms with E-state index in [1.807, 2.05) is 26.0 Å². The topological polar surface area (TPSA) is 30.5 Å². The lowest BCUT2D eigenvalue weighted by atomic mass is 10.1. The van der Waals surface area contributed by atoms with Gasteiger partial charge in [0.25, 0.3) is 0 Å². The number of ether oxygens (including phenoxy) is 2. The van der Waals surface area contributed by atoms with Crippen LogP contribution in [0.1, 0.15) is 25.5 Å². The largest absolute Gasteiger partial charge is 0.354 e. The number of halogens is 2. The molecule has 18 heavy (non-hydrogen) atoms. The molecule has 0 bridgehead atoms. The van der Waals surface area contributed by atoms with Crippen molar-refractivity contribution in [1.29, 1.82) is 0 Å². The van der Waals surface area contributed by atoms with E-state index in [-0.39, 0.29) is 18.4 Å². The summed E-state index contributed by atoms with van der Waals surface area (Å²) in [5.74, 6) is 0. The van der Waals surface area contributed by atoms with E-state index in [4.69, 9.17) is 32.7 Å². The van der Waals surface area contributed by atoms with Gasteiger partial charge in [0.15, 0.2) is 6.29 Å². The molecule has 0 saturated heterocycles. The van der Waals surface area contributed by atoms with Gasteiger partial charge in [0.1, 0.15) is 0 Å². The highest BCUT2D eigenvalue weighted by Gasteiger charge is 2.20. The molecular formula is C13H19Cl2NO2. The molecule has 0 spiro atoms. The zero-order valence-corrected chi connectivity index (χ0v) is 12.5. The molecule has 2 unspecified atom stereocenters. The summed E-state index contributed by atoms with van der Waals surface area (Å²) in [6.07, 6.45) is -0.301. The Kier molecular flexibility index (Phi) is 6.39. The maximum Gasteiger partial charge on any atom is 0.171 e. The molecule has 2 atom stereocenters. The first-order valence-electron chi connectivity index (χ1n) is 5.76. The first-order chi connectivity index (χ1) is 8.51. The molecule has 0 aliphatic rings. The van der Waals surface area contributed by atoms with E-state index in [1.165, 1.54) is 0 Å². The van der Waals surface area contributed by atoms with E-state index in [9.17, 15) is 0 Å². The molecule has 1 rings (SSSR count). The molecule has 1 aromatic carbocycles. The van der Waals surface area contributed by atoms with E-state index < -0.39 is 0 Å². The van der Waals surface area contributed by atoms with Crippen LogP contribution in [0.25, 0.3) is 0 Å². The fraction of sp³-hybridized carbons (Fsp3) is 0.538. The van der Waals surface area contributed by atoms with Gasteiger partial charge in [0.05, 0.1) is 16.1 Å². The predicted molar refractivity (Wildman–Crippen MR) is 75.3 cm³/mol. The molecule has 0 heterocycles. The van der Waals surface area contributed by atoms with Crippen LogP contribution in [-0.2, 0) is 9.47 Å². The summed E-state index contributed by atoms with van der Waals surface area (Å²) in [7, 11) is 3.23. The van der Waals surface area contributed by atoms with Crippen LogP contribution in [0, 0.1) is 0 Å². The Labute approximate surface area is 118 Å². The highest BCUT2D eigenvalue weighted by Crippen LogP contribution is 2.30. The minimum atomic E-state index is -0.301. The number of methoxy groups -OCH3 is 2. The van der Waals surface area contributed by atoms with E-state index in [0.717, 1.165) is 5.56 Å². The lowest BCUT2D eigenvalue weighted by Gasteiger charge is -2.26. The van der Waals surface area contributed by atoms with E-state index in [1.54, 1.807) is 20.3 Å². The Balaban J connectivity index is 2.76. The molecule has 0 aromatic heterocycles. The average molecular weight is 292 g/mol. The first kappa shape index (κ1) is 15.7. The van der Waals surface area contributed by atoms with Gasteiger partial charge in [-0.2, -0.15) is 0 Å². The Hall–Kier alpha value is -0.320. The molecule has 5 heteroatoms. The summed E-state index contributed by atoms with van der Waals surface area (Å²) in [4.78, 5) is 0. The van der Waals surface area contributed by atoms with Crippen molar-refractivity contribution in [1.82, 2.24) is 5.32 Å². The van der Waals surface area contributed by atoms with E-state index in [0.29, 0.717) is 10.0 Å². The van der Waals surface area contributed by atoms with Crippen molar-refractivity contribution in [2.24, 2.45) is 0 Å². The number of benzene rings is 1. The zero-order chi connectivity index (χ0) is 13.7. The Bertz CT molecular complexity index is 383. The van der Waals surface area contributed by atoms with E-state index >= 15 is 0 Å². The van der Waals surface area contributed by atoms with Crippen LogP contribution in [0.2, 0.25) is 10.0 Å². The fourth-order valence-electron chi connectivity index (χ4n) is 1.92. The van der Waals surface area contributed by atoms with Crippen molar-refractivity contribution in [2.75, 3.05) is 14.2 Å². The third kappa shape index (κ3) is 3.84. The summed E-state index contributed by atoms with van der Waals surface area (Å²) in [6.45, 7) is 4.02. The lowest BCUT2D eigenvalue weighted by molar-refractivity contribution is -0.120. The molecule has 0 radical (unpaired) electrons. The fourth-order valence-corrected chi connectivity index (χ4v) is 2.39. The molecule has 0 fully saturated rings. The maximum absolute atomic E-state index is 6.18. The summed E-state index contributed by atoms with van der Waals surface area (Å²) in [5.41, 5.74) is 0.960. The van der Waals surface area contributed by atoms with Gasteiger partial charge in [0, 0.05) is 20.3 Å². The van der Waals surface area contributed by atoms with Crippen LogP contribution in [0.3, 0.4) is 0 Å². The SMILES string of the molecule is COC(OC)C(C)NC(C)c1cccc(Cl)c1Cl. The average Bonchev–Trinajstić information content (AvgIpc) is 2.34. The third-order valence-electron chi connectivity index (χ3n) is 2.83. The van der Waals surface area contributed by atoms with Crippen LogP contribution in [0.5, 0.6) is 0 Å². The monoisotopic (exact) mass is 291 g/mol. The van der Waals surface area contributed by atoms with Gasteiger partial charge in [-0.1, -0.05) is 35.3 Å². The Morgan fingerprint density at radius 3 is 2.28 bits per heavy atom. The van der Waals surface area contributed by atoms with Crippen molar-refractivity contribution in [3.63, 3.8) is 0 Å². The van der Waals surface area contributed by atoms with E-state index in [2.05, 4.69) is 5.32 Å². The van der Waals surface area contributed by atoms with Crippen LogP contribution in [0.4, 0.5) is 0 Å². The quantitative estimate of drug-likeness (QED) is 0.812. The molecular weight excluding hydrogens is 273 g/mol. The summed E-state index contributed by atoms with van der Waals surface area (Å²) < 4.78 is 10.4. The van der Waals surface area contributed by atoms with Crippen molar-refractivity contribution in [3.8, 4) is 0 Å². The minimum absolute atomic E-state index is 0.0325. The van der Waals surface area contributed by atoms with Gasteiger partial charge in [-0.15, -0.1) is 0 Å². The molecule has 1 N–H and O–H groups in total. The number of hydrogen-bond donors (Lipinski definition) is 1. The van der Waals surface area contributed by atoms with Crippen LogP contribution < -0.4 is 5.32 Å². The summed E-state index contributed by atoms with van der Waals surface area (Å²) in [6, 6.07) is 5.70. The van der Waals surface area contributed by atoms with Crippen molar-refractivity contribution >= 4 is 23.2 Å². The van der Waals surface area contributed by atoms with Gasteiger partial charge >= 0.3 is 0 Å². The van der Waals surface area contributed by atoms with Crippen LogP contribution in [-0.4, -0.2) is 26.6 Å². The molecule has 0 saturated carbocycles. The molecule has 0 amide bonds. The molecule has 1 aromatic rings. The standard InChI is InChI=1S/C13H19Cl2NO2/c1-8(16-9(2)13(17-3)18-4)10-6-5-7-11(14)12(10)15/h5-9,13,16H,1-4H3. The van der Waals surface area contributed by atoms with Crippen molar-refractivity contribution < 1.29 is 9.47 Å². The van der Waals surface area contributed by atoms with Crippen molar-refractivity contribution in [3.05, 3.63) is 33.8 Å². The van der Waals surface area contributed by atoms with Crippen molar-refractivity contribution in [2.45, 2.75) is 32.2 Å². The van der Waals surface area contributed by atoms with Gasteiger partial charge in [-0.25, -0.2) is 0 Å². The molecule has 0 aliphatic carbocycles. The zero-order valence-electron chi connectivity index (χ0n) is 11.0. The highest BCUT2D eigenvalue weighted by molar-refractivity contribution is 6.42.